The predicted octanol–water partition coefficient (Wildman–Crippen LogP) is 3.51. The number of nitrogens with one attached hydrogen (secondary N) is 1. The van der Waals surface area contributed by atoms with Crippen molar-refractivity contribution in [2.75, 3.05) is 33.3 Å². The first-order valence-corrected chi connectivity index (χ1v) is 8.78. The van der Waals surface area contributed by atoms with E-state index in [1.165, 1.54) is 10.4 Å². The molecule has 1 aromatic carbocycles. The first-order valence-electron chi connectivity index (χ1n) is 7.11. The van der Waals surface area contributed by atoms with E-state index < -0.39 is 0 Å². The molecule has 1 atom stereocenters. The second-order valence-corrected chi connectivity index (χ2v) is 6.93. The van der Waals surface area contributed by atoms with Gasteiger partial charge in [-0.3, -0.25) is 4.90 Å². The number of piperazine rings is 1. The summed E-state index contributed by atoms with van der Waals surface area (Å²) in [5, 5.41) is 5.58. The minimum atomic E-state index is 0.328. The molecular formula is C16H19BrN2OS. The molecule has 2 aromatic rings. The molecule has 0 amide bonds. The fraction of sp³-hybridized carbons (Fsp3) is 0.375. The van der Waals surface area contributed by atoms with Crippen molar-refractivity contribution in [3.8, 4) is 5.75 Å². The zero-order chi connectivity index (χ0) is 14.7. The molecule has 0 saturated carbocycles. The van der Waals surface area contributed by atoms with Crippen molar-refractivity contribution >= 4 is 27.3 Å². The van der Waals surface area contributed by atoms with Crippen molar-refractivity contribution in [1.29, 1.82) is 0 Å². The Morgan fingerprint density at radius 2 is 2.10 bits per heavy atom. The SMILES string of the molecule is COc1ccc([C@@H](c2cccs2)N2CCNCC2)cc1Br. The number of nitrogens with zero attached hydrogens (tertiary/aromatic N) is 1. The first-order chi connectivity index (χ1) is 10.3. The van der Waals surface area contributed by atoms with E-state index in [1.54, 1.807) is 7.11 Å². The average molecular weight is 367 g/mol. The smallest absolute Gasteiger partial charge is 0.133 e. The Balaban J connectivity index is 1.96. The van der Waals surface area contributed by atoms with Crippen molar-refractivity contribution in [3.63, 3.8) is 0 Å². The van der Waals surface area contributed by atoms with Gasteiger partial charge in [0.05, 0.1) is 17.6 Å². The van der Waals surface area contributed by atoms with Crippen molar-refractivity contribution in [1.82, 2.24) is 10.2 Å². The summed E-state index contributed by atoms with van der Waals surface area (Å²) in [6, 6.07) is 11.1. The van der Waals surface area contributed by atoms with Gasteiger partial charge in [-0.15, -0.1) is 11.3 Å². The number of halogens is 1. The Labute approximate surface area is 138 Å². The summed E-state index contributed by atoms with van der Waals surface area (Å²) in [4.78, 5) is 3.95. The standard InChI is InChI=1S/C16H19BrN2OS/c1-20-14-5-4-12(11-13(14)17)16(15-3-2-10-21-15)19-8-6-18-7-9-19/h2-5,10-11,16,18H,6-9H2,1H3/t16-/m0/s1. The minimum Gasteiger partial charge on any atom is -0.496 e. The summed E-state index contributed by atoms with van der Waals surface area (Å²) in [5.74, 6) is 0.879. The molecule has 1 saturated heterocycles. The van der Waals surface area contributed by atoms with Crippen LogP contribution in [0.4, 0.5) is 0 Å². The fourth-order valence-electron chi connectivity index (χ4n) is 2.79. The van der Waals surface area contributed by atoms with Crippen LogP contribution in [-0.2, 0) is 0 Å². The molecule has 1 aliphatic rings. The highest BCUT2D eigenvalue weighted by Gasteiger charge is 2.25. The van der Waals surface area contributed by atoms with E-state index in [-0.39, 0.29) is 0 Å². The quantitative estimate of drug-likeness (QED) is 0.895. The first kappa shape index (κ1) is 15.0. The van der Waals surface area contributed by atoms with E-state index in [9.17, 15) is 0 Å². The van der Waals surface area contributed by atoms with Gasteiger partial charge >= 0.3 is 0 Å². The summed E-state index contributed by atoms with van der Waals surface area (Å²) in [5.41, 5.74) is 1.31. The lowest BCUT2D eigenvalue weighted by molar-refractivity contribution is 0.200. The van der Waals surface area contributed by atoms with Crippen LogP contribution < -0.4 is 10.1 Å². The summed E-state index contributed by atoms with van der Waals surface area (Å²) < 4.78 is 6.36. The van der Waals surface area contributed by atoms with Gasteiger partial charge < -0.3 is 10.1 Å². The second kappa shape index (κ2) is 6.92. The highest BCUT2D eigenvalue weighted by Crippen LogP contribution is 2.35. The van der Waals surface area contributed by atoms with Gasteiger partial charge in [-0.25, -0.2) is 0 Å². The average Bonchev–Trinajstić information content (AvgIpc) is 3.03. The maximum Gasteiger partial charge on any atom is 0.133 e. The molecular weight excluding hydrogens is 348 g/mol. The topological polar surface area (TPSA) is 24.5 Å². The second-order valence-electron chi connectivity index (χ2n) is 5.10. The highest BCUT2D eigenvalue weighted by molar-refractivity contribution is 9.10. The molecule has 2 heterocycles. The van der Waals surface area contributed by atoms with Crippen LogP contribution in [0, 0.1) is 0 Å². The largest absolute Gasteiger partial charge is 0.496 e. The lowest BCUT2D eigenvalue weighted by Crippen LogP contribution is -2.45. The molecule has 0 radical (unpaired) electrons. The Bertz CT molecular complexity index is 582. The van der Waals surface area contributed by atoms with Gasteiger partial charge in [0.1, 0.15) is 5.75 Å². The molecule has 112 valence electrons. The van der Waals surface area contributed by atoms with Gasteiger partial charge in [0.15, 0.2) is 0 Å². The van der Waals surface area contributed by atoms with Crippen molar-refractivity contribution in [2.45, 2.75) is 6.04 Å². The van der Waals surface area contributed by atoms with Crippen LogP contribution in [0.2, 0.25) is 0 Å². The molecule has 5 heteroatoms. The van der Waals surface area contributed by atoms with Gasteiger partial charge in [0, 0.05) is 31.1 Å². The zero-order valence-electron chi connectivity index (χ0n) is 12.0. The van der Waals surface area contributed by atoms with Crippen molar-refractivity contribution < 1.29 is 4.74 Å². The number of thiophene rings is 1. The molecule has 3 rings (SSSR count). The monoisotopic (exact) mass is 366 g/mol. The van der Waals surface area contributed by atoms with Crippen LogP contribution in [-0.4, -0.2) is 38.2 Å². The van der Waals surface area contributed by atoms with Gasteiger partial charge in [0.2, 0.25) is 0 Å². The fourth-order valence-corrected chi connectivity index (χ4v) is 4.24. The molecule has 1 fully saturated rings. The van der Waals surface area contributed by atoms with Crippen LogP contribution in [0.15, 0.2) is 40.2 Å². The Morgan fingerprint density at radius 1 is 1.29 bits per heavy atom. The van der Waals surface area contributed by atoms with E-state index in [0.29, 0.717) is 6.04 Å². The zero-order valence-corrected chi connectivity index (χ0v) is 14.4. The number of ether oxygens (including phenoxy) is 1. The minimum absolute atomic E-state index is 0.328. The normalized spacial score (nSPS) is 17.6. The van der Waals surface area contributed by atoms with E-state index in [1.807, 2.05) is 17.4 Å². The molecule has 0 bridgehead atoms. The molecule has 0 aliphatic carbocycles. The lowest BCUT2D eigenvalue weighted by atomic mass is 10.0. The van der Waals surface area contributed by atoms with Crippen LogP contribution in [0.1, 0.15) is 16.5 Å². The number of methoxy groups -OCH3 is 1. The molecule has 3 nitrogen and oxygen atoms in total. The van der Waals surface area contributed by atoms with E-state index in [0.717, 1.165) is 36.4 Å². The van der Waals surface area contributed by atoms with Gasteiger partial charge in [-0.2, -0.15) is 0 Å². The third-order valence-corrected chi connectivity index (χ3v) is 5.37. The third-order valence-electron chi connectivity index (χ3n) is 3.82. The van der Waals surface area contributed by atoms with Gasteiger partial charge in [0.25, 0.3) is 0 Å². The number of hydrogen-bond donors (Lipinski definition) is 1. The van der Waals surface area contributed by atoms with Gasteiger partial charge in [-0.05, 0) is 45.1 Å². The summed E-state index contributed by atoms with van der Waals surface area (Å²) in [6.45, 7) is 4.26. The van der Waals surface area contributed by atoms with Gasteiger partial charge in [-0.1, -0.05) is 12.1 Å². The third kappa shape index (κ3) is 3.31. The van der Waals surface area contributed by atoms with Crippen molar-refractivity contribution in [3.05, 3.63) is 50.6 Å². The highest BCUT2D eigenvalue weighted by atomic mass is 79.9. The van der Waals surface area contributed by atoms with Crippen LogP contribution in [0.25, 0.3) is 0 Å². The van der Waals surface area contributed by atoms with Crippen LogP contribution in [0.5, 0.6) is 5.75 Å². The van der Waals surface area contributed by atoms with E-state index in [2.05, 4.69) is 55.8 Å². The lowest BCUT2D eigenvalue weighted by Gasteiger charge is -2.35. The number of hydrogen-bond acceptors (Lipinski definition) is 4. The molecule has 1 aromatic heterocycles. The Hall–Kier alpha value is -0.880. The molecule has 0 unspecified atom stereocenters. The number of benzene rings is 1. The number of rotatable bonds is 4. The molecule has 1 N–H and O–H groups in total. The van der Waals surface area contributed by atoms with E-state index >= 15 is 0 Å². The maximum atomic E-state index is 5.35. The van der Waals surface area contributed by atoms with E-state index in [4.69, 9.17) is 4.74 Å². The molecule has 0 spiro atoms. The maximum absolute atomic E-state index is 5.35. The Kier molecular flexibility index (Phi) is 4.95. The van der Waals surface area contributed by atoms with Crippen LogP contribution in [0.3, 0.4) is 0 Å². The summed E-state index contributed by atoms with van der Waals surface area (Å²) in [7, 11) is 1.70. The molecule has 21 heavy (non-hydrogen) atoms. The Morgan fingerprint density at radius 3 is 2.71 bits per heavy atom. The predicted molar refractivity (Wildman–Crippen MR) is 91.3 cm³/mol. The van der Waals surface area contributed by atoms with Crippen LogP contribution >= 0.6 is 27.3 Å². The summed E-state index contributed by atoms with van der Waals surface area (Å²) >= 11 is 5.44. The molecule has 1 aliphatic heterocycles. The van der Waals surface area contributed by atoms with Crippen molar-refractivity contribution in [2.24, 2.45) is 0 Å². The summed E-state index contributed by atoms with van der Waals surface area (Å²) in [6.07, 6.45) is 0.